The van der Waals surface area contributed by atoms with Crippen LogP contribution in [0.5, 0.6) is 17.2 Å². The van der Waals surface area contributed by atoms with Crippen LogP contribution in [-0.4, -0.2) is 43.4 Å². The molecule has 2 aromatic rings. The summed E-state index contributed by atoms with van der Waals surface area (Å²) in [6.07, 6.45) is 5.30. The van der Waals surface area contributed by atoms with Gasteiger partial charge >= 0.3 is 0 Å². The lowest BCUT2D eigenvalue weighted by Gasteiger charge is -2.37. The summed E-state index contributed by atoms with van der Waals surface area (Å²) in [5.41, 5.74) is 1.75. The van der Waals surface area contributed by atoms with Crippen molar-refractivity contribution < 1.29 is 23.7 Å². The van der Waals surface area contributed by atoms with Crippen molar-refractivity contribution in [2.24, 2.45) is 5.92 Å². The van der Waals surface area contributed by atoms with Crippen LogP contribution in [0.25, 0.3) is 0 Å². The minimum absolute atomic E-state index is 0.00902. The topological polar surface area (TPSA) is 98.9 Å². The first-order valence-electron chi connectivity index (χ1n) is 12.6. The van der Waals surface area contributed by atoms with Crippen LogP contribution in [0.1, 0.15) is 66.2 Å². The number of hydrogen-bond donors (Lipinski definition) is 2. The van der Waals surface area contributed by atoms with E-state index in [1.54, 1.807) is 19.1 Å². The number of aryl methyl sites for hydroxylation is 1. The molecule has 0 saturated heterocycles. The Morgan fingerprint density at radius 1 is 1.19 bits per heavy atom. The highest BCUT2D eigenvalue weighted by Crippen LogP contribution is 2.45. The van der Waals surface area contributed by atoms with Crippen LogP contribution < -0.4 is 25.1 Å². The maximum Gasteiger partial charge on any atom is 0.256 e. The fourth-order valence-corrected chi connectivity index (χ4v) is 5.26. The second-order valence-corrected chi connectivity index (χ2v) is 9.98. The molecule has 1 amide bonds. The first-order valence-corrected chi connectivity index (χ1v) is 13.0. The molecule has 1 aromatic carbocycles. The molecular weight excluding hydrogens is 484 g/mol. The Kier molecular flexibility index (Phi) is 8.46. The monoisotopic (exact) mass is 518 g/mol. The van der Waals surface area contributed by atoms with E-state index in [2.05, 4.69) is 17.2 Å². The van der Waals surface area contributed by atoms with Crippen molar-refractivity contribution in [1.29, 1.82) is 0 Å². The van der Waals surface area contributed by atoms with E-state index in [0.29, 0.717) is 63.3 Å². The molecule has 1 aromatic heterocycles. The molecule has 196 valence electrons. The predicted molar refractivity (Wildman–Crippen MR) is 138 cm³/mol. The summed E-state index contributed by atoms with van der Waals surface area (Å²) in [4.78, 5) is 28.2. The third kappa shape index (κ3) is 5.65. The molecule has 1 saturated carbocycles. The Balaban J connectivity index is 1.47. The molecule has 1 atom stereocenters. The van der Waals surface area contributed by atoms with E-state index in [1.165, 1.54) is 7.11 Å². The van der Waals surface area contributed by atoms with E-state index in [1.807, 2.05) is 6.92 Å². The van der Waals surface area contributed by atoms with E-state index in [0.717, 1.165) is 38.7 Å². The van der Waals surface area contributed by atoms with Gasteiger partial charge in [-0.15, -0.1) is 0 Å². The van der Waals surface area contributed by atoms with Gasteiger partial charge in [0.1, 0.15) is 18.5 Å². The summed E-state index contributed by atoms with van der Waals surface area (Å²) >= 11 is 6.50. The Morgan fingerprint density at radius 3 is 2.64 bits per heavy atom. The van der Waals surface area contributed by atoms with E-state index < -0.39 is 0 Å². The fraction of sp³-hybridized carbons (Fsp3) is 0.556. The maximum atomic E-state index is 13.1. The van der Waals surface area contributed by atoms with Gasteiger partial charge in [0.05, 0.1) is 30.3 Å². The van der Waals surface area contributed by atoms with E-state index >= 15 is 0 Å². The summed E-state index contributed by atoms with van der Waals surface area (Å²) in [7, 11) is 1.49. The summed E-state index contributed by atoms with van der Waals surface area (Å²) in [6, 6.07) is 3.31. The van der Waals surface area contributed by atoms with Gasteiger partial charge in [-0.05, 0) is 64.0 Å². The number of carbonyl (C=O) groups excluding carboxylic acids is 1. The largest absolute Gasteiger partial charge is 0.496 e. The molecule has 2 N–H and O–H groups in total. The van der Waals surface area contributed by atoms with Crippen molar-refractivity contribution in [3.63, 3.8) is 0 Å². The zero-order valence-corrected chi connectivity index (χ0v) is 22.1. The van der Waals surface area contributed by atoms with Crippen LogP contribution in [-0.2, 0) is 11.3 Å². The highest BCUT2D eigenvalue weighted by molar-refractivity contribution is 6.32. The zero-order chi connectivity index (χ0) is 25.8. The van der Waals surface area contributed by atoms with E-state index in [9.17, 15) is 9.59 Å². The lowest BCUT2D eigenvalue weighted by molar-refractivity contribution is -0.0163. The molecule has 36 heavy (non-hydrogen) atoms. The molecule has 2 heterocycles. The van der Waals surface area contributed by atoms with Gasteiger partial charge in [-0.2, -0.15) is 0 Å². The predicted octanol–water partition coefficient (Wildman–Crippen LogP) is 4.71. The van der Waals surface area contributed by atoms with Crippen LogP contribution in [0, 0.1) is 19.8 Å². The average Bonchev–Trinajstić information content (AvgIpc) is 2.88. The summed E-state index contributed by atoms with van der Waals surface area (Å²) in [5, 5.41) is 3.13. The second kappa shape index (κ2) is 11.6. The maximum absolute atomic E-state index is 13.1. The van der Waals surface area contributed by atoms with Gasteiger partial charge in [0.2, 0.25) is 0 Å². The molecule has 0 bridgehead atoms. The Morgan fingerprint density at radius 2 is 1.94 bits per heavy atom. The number of rotatable bonds is 8. The highest BCUT2D eigenvalue weighted by Gasteiger charge is 2.35. The van der Waals surface area contributed by atoms with Gasteiger partial charge in [-0.25, -0.2) is 0 Å². The summed E-state index contributed by atoms with van der Waals surface area (Å²) in [5.74, 6) is 1.40. The number of hydrogen-bond acceptors (Lipinski definition) is 6. The standard InChI is InChI=1S/C27H35ClN2O6/c1-5-10-34-18-8-6-17(7-9-18)23-14-35-25-21(28)12-19(16(3)24(25)36-23)26(31)29-13-20-22(33-4)11-15(2)30-27(20)32/h11-12,17-18,23H,5-10,13-14H2,1-4H3,(H,29,31)(H,30,32)/t17?,18?,23-/m1/s1. The Hall–Kier alpha value is -2.71. The number of pyridine rings is 1. The number of benzene rings is 1. The number of fused-ring (bicyclic) bond motifs is 1. The van der Waals surface area contributed by atoms with Crippen molar-refractivity contribution in [2.45, 2.75) is 71.6 Å². The Bertz CT molecular complexity index is 1160. The molecule has 4 rings (SSSR count). The Labute approximate surface area is 216 Å². The van der Waals surface area contributed by atoms with E-state index in [4.69, 9.17) is 30.5 Å². The third-order valence-electron chi connectivity index (χ3n) is 7.02. The minimum Gasteiger partial charge on any atom is -0.496 e. The van der Waals surface area contributed by atoms with Gasteiger partial charge in [0, 0.05) is 23.4 Å². The second-order valence-electron chi connectivity index (χ2n) is 9.58. The number of amides is 1. The van der Waals surface area contributed by atoms with Gasteiger partial charge in [-0.3, -0.25) is 9.59 Å². The number of aromatic amines is 1. The van der Waals surface area contributed by atoms with Crippen LogP contribution in [0.4, 0.5) is 0 Å². The number of methoxy groups -OCH3 is 1. The van der Waals surface area contributed by atoms with Gasteiger partial charge in [0.25, 0.3) is 11.5 Å². The molecule has 1 aliphatic heterocycles. The summed E-state index contributed by atoms with van der Waals surface area (Å²) < 4.78 is 23.7. The molecular formula is C27H35ClN2O6. The van der Waals surface area contributed by atoms with Crippen molar-refractivity contribution >= 4 is 17.5 Å². The first-order chi connectivity index (χ1) is 17.3. The minimum atomic E-state index is -0.362. The number of H-pyrrole nitrogens is 1. The smallest absolute Gasteiger partial charge is 0.256 e. The zero-order valence-electron chi connectivity index (χ0n) is 21.4. The number of carbonyl (C=O) groups is 1. The number of halogens is 1. The average molecular weight is 519 g/mol. The van der Waals surface area contributed by atoms with Crippen molar-refractivity contribution in [3.8, 4) is 17.2 Å². The number of nitrogens with one attached hydrogen (secondary N) is 2. The van der Waals surface area contributed by atoms with Crippen LogP contribution in [0.3, 0.4) is 0 Å². The molecule has 0 unspecified atom stereocenters. The molecule has 2 aliphatic rings. The molecule has 0 radical (unpaired) electrons. The molecule has 9 heteroatoms. The van der Waals surface area contributed by atoms with Crippen molar-refractivity contribution in [3.05, 3.63) is 49.9 Å². The van der Waals surface area contributed by atoms with Gasteiger partial charge in [-0.1, -0.05) is 18.5 Å². The lowest BCUT2D eigenvalue weighted by Crippen LogP contribution is -2.39. The normalized spacial score (nSPS) is 21.2. The van der Waals surface area contributed by atoms with Crippen LogP contribution >= 0.6 is 11.6 Å². The lowest BCUT2D eigenvalue weighted by atomic mass is 9.83. The third-order valence-corrected chi connectivity index (χ3v) is 7.30. The highest BCUT2D eigenvalue weighted by atomic mass is 35.5. The van der Waals surface area contributed by atoms with Crippen molar-refractivity contribution in [2.75, 3.05) is 20.3 Å². The molecule has 1 aliphatic carbocycles. The molecule has 8 nitrogen and oxygen atoms in total. The van der Waals surface area contributed by atoms with Gasteiger partial charge in [0.15, 0.2) is 11.5 Å². The fourth-order valence-electron chi connectivity index (χ4n) is 5.01. The number of aromatic nitrogens is 1. The van der Waals surface area contributed by atoms with Crippen LogP contribution in [0.2, 0.25) is 5.02 Å². The number of ether oxygens (including phenoxy) is 4. The van der Waals surface area contributed by atoms with E-state index in [-0.39, 0.29) is 24.1 Å². The SMILES string of the molecule is CCCOC1CCC([C@H]2COc3c(Cl)cc(C(=O)NCc4c(OC)cc(C)[nH]c4=O)c(C)c3O2)CC1. The quantitative estimate of drug-likeness (QED) is 0.525. The summed E-state index contributed by atoms with van der Waals surface area (Å²) in [6.45, 7) is 6.96. The van der Waals surface area contributed by atoms with Crippen molar-refractivity contribution in [1.82, 2.24) is 10.3 Å². The molecule has 1 fully saturated rings. The van der Waals surface area contributed by atoms with Gasteiger partial charge < -0.3 is 29.2 Å². The van der Waals surface area contributed by atoms with Crippen LogP contribution in [0.15, 0.2) is 16.9 Å². The molecule has 0 spiro atoms. The first kappa shape index (κ1) is 26.4.